The van der Waals surface area contributed by atoms with E-state index in [0.717, 1.165) is 10.7 Å². The van der Waals surface area contributed by atoms with Crippen molar-refractivity contribution in [1.29, 1.82) is 0 Å². The Morgan fingerprint density at radius 2 is 1.79 bits per heavy atom. The smallest absolute Gasteiger partial charge is 0.184 e. The molecule has 2 aromatic rings. The predicted molar refractivity (Wildman–Crippen MR) is 64.3 cm³/mol. The molecule has 0 unspecified atom stereocenters. The summed E-state index contributed by atoms with van der Waals surface area (Å²) in [5.74, 6) is -3.29. The van der Waals surface area contributed by atoms with Gasteiger partial charge < -0.3 is 5.73 Å². The zero-order chi connectivity index (χ0) is 14.4. The van der Waals surface area contributed by atoms with Gasteiger partial charge in [-0.05, 0) is 0 Å². The van der Waals surface area contributed by atoms with E-state index in [9.17, 15) is 13.2 Å². The first-order chi connectivity index (χ1) is 8.71. The summed E-state index contributed by atoms with van der Waals surface area (Å²) in [6.07, 6.45) is 0. The molecule has 4 nitrogen and oxygen atoms in total. The second-order valence-electron chi connectivity index (χ2n) is 5.21. The van der Waals surface area contributed by atoms with Gasteiger partial charge in [-0.15, -0.1) is 5.10 Å². The maximum absolute atomic E-state index is 13.8. The summed E-state index contributed by atoms with van der Waals surface area (Å²) in [7, 11) is 0. The van der Waals surface area contributed by atoms with E-state index in [-0.39, 0.29) is 11.5 Å². The van der Waals surface area contributed by atoms with E-state index in [1.165, 1.54) is 0 Å². The summed E-state index contributed by atoms with van der Waals surface area (Å²) in [4.78, 5) is 0. The van der Waals surface area contributed by atoms with Crippen LogP contribution >= 0.6 is 0 Å². The fourth-order valence-electron chi connectivity index (χ4n) is 1.86. The monoisotopic (exact) mass is 270 g/mol. The zero-order valence-electron chi connectivity index (χ0n) is 10.7. The number of hydrogen-bond donors (Lipinski definition) is 1. The molecule has 1 aromatic heterocycles. The van der Waals surface area contributed by atoms with Crippen LogP contribution in [-0.4, -0.2) is 15.0 Å². The molecule has 1 heterocycles. The highest BCUT2D eigenvalue weighted by molar-refractivity contribution is 5.45. The van der Waals surface area contributed by atoms with Gasteiger partial charge in [-0.2, -0.15) is 0 Å². The van der Waals surface area contributed by atoms with Crippen molar-refractivity contribution in [2.24, 2.45) is 0 Å². The lowest BCUT2D eigenvalue weighted by Crippen LogP contribution is -2.20. The lowest BCUT2D eigenvalue weighted by molar-refractivity contribution is 0.477. The first kappa shape index (κ1) is 13.4. The van der Waals surface area contributed by atoms with Gasteiger partial charge in [0.2, 0.25) is 0 Å². The topological polar surface area (TPSA) is 56.7 Å². The van der Waals surface area contributed by atoms with Gasteiger partial charge >= 0.3 is 0 Å². The Morgan fingerprint density at radius 1 is 1.16 bits per heavy atom. The summed E-state index contributed by atoms with van der Waals surface area (Å²) >= 11 is 0. The summed E-state index contributed by atoms with van der Waals surface area (Å²) in [6.45, 7) is 5.43. The molecule has 0 spiro atoms. The van der Waals surface area contributed by atoms with E-state index >= 15 is 0 Å². The van der Waals surface area contributed by atoms with Crippen LogP contribution in [0.15, 0.2) is 12.1 Å². The molecule has 7 heteroatoms. The minimum atomic E-state index is -1.29. The van der Waals surface area contributed by atoms with E-state index < -0.39 is 22.9 Å². The lowest BCUT2D eigenvalue weighted by Gasteiger charge is -2.20. The molecule has 0 aliphatic carbocycles. The Hall–Kier alpha value is -2.05. The molecule has 0 bridgehead atoms. The standard InChI is InChI=1S/C12H13F3N4/c1-12(2,3)10-11(16)17-18-19(10)8-5-6(13)4-7(14)9(8)15/h4-5H,16H2,1-3H3. The molecule has 102 valence electrons. The van der Waals surface area contributed by atoms with E-state index in [1.54, 1.807) is 0 Å². The van der Waals surface area contributed by atoms with Gasteiger partial charge in [-0.3, -0.25) is 0 Å². The highest BCUT2D eigenvalue weighted by Gasteiger charge is 2.27. The number of aromatic nitrogens is 3. The van der Waals surface area contributed by atoms with Crippen LogP contribution < -0.4 is 5.73 Å². The van der Waals surface area contributed by atoms with Crippen molar-refractivity contribution in [3.05, 3.63) is 35.3 Å². The van der Waals surface area contributed by atoms with Crippen LogP contribution in [-0.2, 0) is 5.41 Å². The van der Waals surface area contributed by atoms with Crippen LogP contribution in [0.25, 0.3) is 5.69 Å². The van der Waals surface area contributed by atoms with Crippen molar-refractivity contribution in [2.45, 2.75) is 26.2 Å². The molecule has 2 rings (SSSR count). The third kappa shape index (κ3) is 2.27. The molecule has 0 amide bonds. The molecule has 0 fully saturated rings. The van der Waals surface area contributed by atoms with E-state index in [4.69, 9.17) is 5.73 Å². The predicted octanol–water partition coefficient (Wildman–Crippen LogP) is 2.56. The van der Waals surface area contributed by atoms with Gasteiger partial charge in [0, 0.05) is 17.5 Å². The number of rotatable bonds is 1. The van der Waals surface area contributed by atoms with Crippen molar-refractivity contribution < 1.29 is 13.2 Å². The SMILES string of the molecule is CC(C)(C)c1c(N)nnn1-c1cc(F)cc(F)c1F. The number of nitrogens with two attached hydrogens (primary N) is 1. The minimum absolute atomic E-state index is 0.0940. The Kier molecular flexibility index (Phi) is 3.00. The number of anilines is 1. The molecular formula is C12H13F3N4. The van der Waals surface area contributed by atoms with Crippen molar-refractivity contribution >= 4 is 5.82 Å². The molecule has 0 aliphatic rings. The van der Waals surface area contributed by atoms with Gasteiger partial charge in [0.15, 0.2) is 17.5 Å². The third-order valence-corrected chi connectivity index (χ3v) is 2.61. The van der Waals surface area contributed by atoms with E-state index in [1.807, 2.05) is 20.8 Å². The number of nitrogen functional groups attached to an aromatic ring is 1. The number of hydrogen-bond acceptors (Lipinski definition) is 3. The second-order valence-corrected chi connectivity index (χ2v) is 5.21. The van der Waals surface area contributed by atoms with Crippen molar-refractivity contribution in [3.8, 4) is 5.69 Å². The third-order valence-electron chi connectivity index (χ3n) is 2.61. The van der Waals surface area contributed by atoms with Crippen LogP contribution in [0.1, 0.15) is 26.5 Å². The molecule has 19 heavy (non-hydrogen) atoms. The van der Waals surface area contributed by atoms with Gasteiger partial charge in [0.25, 0.3) is 0 Å². The summed E-state index contributed by atoms with van der Waals surface area (Å²) in [5.41, 5.74) is 5.21. The summed E-state index contributed by atoms with van der Waals surface area (Å²) < 4.78 is 41.3. The normalized spacial score (nSPS) is 11.9. The molecule has 0 saturated carbocycles. The highest BCUT2D eigenvalue weighted by atomic mass is 19.2. The average molecular weight is 270 g/mol. The van der Waals surface area contributed by atoms with Crippen LogP contribution in [0.3, 0.4) is 0 Å². The molecular weight excluding hydrogens is 257 g/mol. The summed E-state index contributed by atoms with van der Waals surface area (Å²) in [5, 5.41) is 7.30. The minimum Gasteiger partial charge on any atom is -0.381 e. The molecule has 0 radical (unpaired) electrons. The fraction of sp³-hybridized carbons (Fsp3) is 0.333. The Labute approximate surface area is 108 Å². The molecule has 0 saturated heterocycles. The molecule has 2 N–H and O–H groups in total. The average Bonchev–Trinajstić information content (AvgIpc) is 2.65. The Balaban J connectivity index is 2.74. The molecule has 1 aromatic carbocycles. The maximum atomic E-state index is 13.8. The van der Waals surface area contributed by atoms with Crippen LogP contribution in [0.2, 0.25) is 0 Å². The maximum Gasteiger partial charge on any atom is 0.184 e. The first-order valence-electron chi connectivity index (χ1n) is 5.58. The van der Waals surface area contributed by atoms with Crippen molar-refractivity contribution in [2.75, 3.05) is 5.73 Å². The highest BCUT2D eigenvalue weighted by Crippen LogP contribution is 2.29. The fourth-order valence-corrected chi connectivity index (χ4v) is 1.86. The zero-order valence-corrected chi connectivity index (χ0v) is 10.7. The number of benzene rings is 1. The molecule has 0 atom stereocenters. The quantitative estimate of drug-likeness (QED) is 0.810. The van der Waals surface area contributed by atoms with Crippen LogP contribution in [0.5, 0.6) is 0 Å². The van der Waals surface area contributed by atoms with E-state index in [2.05, 4.69) is 10.3 Å². The Bertz CT molecular complexity index is 629. The van der Waals surface area contributed by atoms with E-state index in [0.29, 0.717) is 11.8 Å². The van der Waals surface area contributed by atoms with Crippen molar-refractivity contribution in [1.82, 2.24) is 15.0 Å². The van der Waals surface area contributed by atoms with Gasteiger partial charge in [0.05, 0.1) is 5.69 Å². The van der Waals surface area contributed by atoms with Gasteiger partial charge in [-0.1, -0.05) is 26.0 Å². The van der Waals surface area contributed by atoms with Crippen molar-refractivity contribution in [3.63, 3.8) is 0 Å². The number of nitrogens with zero attached hydrogens (tertiary/aromatic N) is 3. The number of halogens is 3. The first-order valence-corrected chi connectivity index (χ1v) is 5.58. The second kappa shape index (κ2) is 4.25. The Morgan fingerprint density at radius 3 is 2.37 bits per heavy atom. The molecule has 0 aliphatic heterocycles. The van der Waals surface area contributed by atoms with Crippen LogP contribution in [0, 0.1) is 17.5 Å². The lowest BCUT2D eigenvalue weighted by atomic mass is 9.91. The largest absolute Gasteiger partial charge is 0.381 e. The van der Waals surface area contributed by atoms with Gasteiger partial charge in [-0.25, -0.2) is 17.9 Å². The van der Waals surface area contributed by atoms with Gasteiger partial charge in [0.1, 0.15) is 11.5 Å². The summed E-state index contributed by atoms with van der Waals surface area (Å²) in [6, 6.07) is 1.32. The van der Waals surface area contributed by atoms with Crippen LogP contribution in [0.4, 0.5) is 19.0 Å².